The number of hydrogen-bond donors (Lipinski definition) is 1. The van der Waals surface area contributed by atoms with E-state index in [2.05, 4.69) is 10.1 Å². The molecule has 0 radical (unpaired) electrons. The Balaban J connectivity index is 1.60. The molecule has 0 saturated carbocycles. The fraction of sp³-hybridized carbons (Fsp3) is 0.250. The molecule has 4 rings (SSSR count). The molecule has 1 N–H and O–H groups in total. The molecule has 0 bridgehead atoms. The lowest BCUT2D eigenvalue weighted by molar-refractivity contribution is -0.204. The third-order valence-corrected chi connectivity index (χ3v) is 5.83. The van der Waals surface area contributed by atoms with Crippen LogP contribution in [0.1, 0.15) is 29.5 Å². The molecule has 0 fully saturated rings. The average molecular weight is 426 g/mol. The molecular formula is C24H21F3N2O2. The zero-order valence-electron chi connectivity index (χ0n) is 17.0. The first-order valence-electron chi connectivity index (χ1n) is 9.80. The second-order valence-corrected chi connectivity index (χ2v) is 7.85. The molecule has 1 aromatic heterocycles. The van der Waals surface area contributed by atoms with Gasteiger partial charge >= 0.3 is 6.18 Å². The van der Waals surface area contributed by atoms with E-state index >= 15 is 0 Å². The van der Waals surface area contributed by atoms with E-state index in [1.807, 2.05) is 13.0 Å². The Hall–Kier alpha value is -3.19. The van der Waals surface area contributed by atoms with Gasteiger partial charge < -0.3 is 9.63 Å². The Labute approximate surface area is 177 Å². The second kappa shape index (κ2) is 7.81. The van der Waals surface area contributed by atoms with Crippen molar-refractivity contribution in [3.63, 3.8) is 0 Å². The molecule has 0 spiro atoms. The van der Waals surface area contributed by atoms with Gasteiger partial charge in [0, 0.05) is 17.0 Å². The number of hydrogen-bond acceptors (Lipinski definition) is 4. The average Bonchev–Trinajstić information content (AvgIpc) is 3.24. The maximum absolute atomic E-state index is 13.7. The van der Waals surface area contributed by atoms with Crippen LogP contribution in [0, 0.1) is 12.3 Å². The molecule has 7 heteroatoms. The summed E-state index contributed by atoms with van der Waals surface area (Å²) in [6.07, 6.45) is 1.49. The van der Waals surface area contributed by atoms with E-state index in [1.165, 1.54) is 19.1 Å². The fourth-order valence-electron chi connectivity index (χ4n) is 3.77. The third kappa shape index (κ3) is 3.81. The smallest absolute Gasteiger partial charge is 0.392 e. The molecule has 2 atom stereocenters. The summed E-state index contributed by atoms with van der Waals surface area (Å²) in [5.74, 6) is -0.141. The van der Waals surface area contributed by atoms with Crippen LogP contribution in [0.2, 0.25) is 0 Å². The van der Waals surface area contributed by atoms with Crippen molar-refractivity contribution in [2.24, 2.45) is 5.41 Å². The van der Waals surface area contributed by atoms with Crippen molar-refractivity contribution in [1.82, 2.24) is 10.1 Å². The molecule has 31 heavy (non-hydrogen) atoms. The van der Waals surface area contributed by atoms with Crippen LogP contribution < -0.4 is 0 Å². The molecule has 0 amide bonds. The summed E-state index contributed by atoms with van der Waals surface area (Å²) in [6, 6.07) is 12.2. The molecule has 3 aromatic rings. The lowest BCUT2D eigenvalue weighted by Gasteiger charge is -2.37. The van der Waals surface area contributed by atoms with E-state index in [4.69, 9.17) is 4.52 Å². The first-order chi connectivity index (χ1) is 14.7. The lowest BCUT2D eigenvalue weighted by Crippen LogP contribution is -2.39. The number of nitrogens with zero attached hydrogens (tertiary/aromatic N) is 2. The SMILES string of the molecule is Cc1cc(-c2noc(-c3ccc(C4C=CC=CC4(C)C(F)(F)F)cc3)n2)ccc1CO. The van der Waals surface area contributed by atoms with Crippen molar-refractivity contribution in [3.05, 3.63) is 83.5 Å². The second-order valence-electron chi connectivity index (χ2n) is 7.85. The molecule has 1 heterocycles. The van der Waals surface area contributed by atoms with Crippen LogP contribution in [0.15, 0.2) is 71.3 Å². The van der Waals surface area contributed by atoms with E-state index < -0.39 is 17.5 Å². The lowest BCUT2D eigenvalue weighted by atomic mass is 9.70. The van der Waals surface area contributed by atoms with E-state index in [0.717, 1.165) is 16.7 Å². The van der Waals surface area contributed by atoms with E-state index in [-0.39, 0.29) is 12.5 Å². The van der Waals surface area contributed by atoms with E-state index in [0.29, 0.717) is 17.0 Å². The fourth-order valence-corrected chi connectivity index (χ4v) is 3.77. The number of aromatic nitrogens is 2. The van der Waals surface area contributed by atoms with Crippen molar-refractivity contribution in [1.29, 1.82) is 0 Å². The van der Waals surface area contributed by atoms with Crippen molar-refractivity contribution in [3.8, 4) is 22.8 Å². The van der Waals surface area contributed by atoms with Crippen LogP contribution >= 0.6 is 0 Å². The van der Waals surface area contributed by atoms with Gasteiger partial charge in [0.1, 0.15) is 0 Å². The molecule has 1 aliphatic carbocycles. The van der Waals surface area contributed by atoms with Crippen molar-refractivity contribution in [2.45, 2.75) is 32.5 Å². The number of halogens is 3. The third-order valence-electron chi connectivity index (χ3n) is 5.83. The Bertz CT molecular complexity index is 1150. The van der Waals surface area contributed by atoms with Crippen molar-refractivity contribution < 1.29 is 22.8 Å². The van der Waals surface area contributed by atoms with Crippen LogP contribution in [0.4, 0.5) is 13.2 Å². The summed E-state index contributed by atoms with van der Waals surface area (Å²) in [5.41, 5.74) is 1.69. The molecule has 2 unspecified atom stereocenters. The van der Waals surface area contributed by atoms with Gasteiger partial charge in [0.2, 0.25) is 5.82 Å². The first kappa shape index (κ1) is 21.1. The largest absolute Gasteiger partial charge is 0.398 e. The van der Waals surface area contributed by atoms with Gasteiger partial charge in [-0.05, 0) is 48.7 Å². The normalized spacial score (nSPS) is 20.9. The maximum atomic E-state index is 13.7. The van der Waals surface area contributed by atoms with Crippen LogP contribution in [0.5, 0.6) is 0 Å². The number of aliphatic hydroxyl groups excluding tert-OH is 1. The molecule has 160 valence electrons. The maximum Gasteiger partial charge on any atom is 0.398 e. The van der Waals surface area contributed by atoms with Crippen LogP contribution in [-0.4, -0.2) is 21.4 Å². The first-order valence-corrected chi connectivity index (χ1v) is 9.80. The Morgan fingerprint density at radius 1 is 1.06 bits per heavy atom. The van der Waals surface area contributed by atoms with Crippen molar-refractivity contribution in [2.75, 3.05) is 0 Å². The number of benzene rings is 2. The zero-order valence-corrected chi connectivity index (χ0v) is 17.0. The summed E-state index contributed by atoms with van der Waals surface area (Å²) in [5, 5.41) is 13.3. The minimum atomic E-state index is -4.37. The number of aliphatic hydroxyl groups is 1. The topological polar surface area (TPSA) is 59.2 Å². The van der Waals surface area contributed by atoms with Gasteiger partial charge in [0.15, 0.2) is 0 Å². The van der Waals surface area contributed by atoms with Gasteiger partial charge in [-0.2, -0.15) is 18.2 Å². The van der Waals surface area contributed by atoms with Gasteiger partial charge in [-0.15, -0.1) is 0 Å². The minimum absolute atomic E-state index is 0.0463. The summed E-state index contributed by atoms with van der Waals surface area (Å²) >= 11 is 0. The van der Waals surface area contributed by atoms with Crippen LogP contribution in [0.3, 0.4) is 0 Å². The van der Waals surface area contributed by atoms with Gasteiger partial charge in [0.25, 0.3) is 5.89 Å². The van der Waals surface area contributed by atoms with Gasteiger partial charge in [0.05, 0.1) is 12.0 Å². The monoisotopic (exact) mass is 426 g/mol. The highest BCUT2D eigenvalue weighted by molar-refractivity contribution is 5.61. The zero-order chi connectivity index (χ0) is 22.2. The van der Waals surface area contributed by atoms with Gasteiger partial charge in [-0.1, -0.05) is 53.7 Å². The van der Waals surface area contributed by atoms with Gasteiger partial charge in [-0.3, -0.25) is 0 Å². The Kier molecular flexibility index (Phi) is 5.31. The molecular weight excluding hydrogens is 405 g/mol. The number of alkyl halides is 3. The molecule has 0 saturated heterocycles. The number of aryl methyl sites for hydroxylation is 1. The highest BCUT2D eigenvalue weighted by Crippen LogP contribution is 2.51. The minimum Gasteiger partial charge on any atom is -0.392 e. The van der Waals surface area contributed by atoms with E-state index in [1.54, 1.807) is 48.6 Å². The summed E-state index contributed by atoms with van der Waals surface area (Å²) in [6.45, 7) is 3.05. The standard InChI is InChI=1S/C24H21F3N2O2/c1-15-13-18(10-11-19(15)14-30)21-28-22(31-29-21)17-8-6-16(7-9-17)20-5-3-4-12-23(20,2)24(25,26)27/h3-13,20,30H,14H2,1-2H3. The molecule has 1 aliphatic rings. The molecule has 2 aromatic carbocycles. The highest BCUT2D eigenvalue weighted by Gasteiger charge is 2.54. The number of allylic oxidation sites excluding steroid dienone is 4. The van der Waals surface area contributed by atoms with Crippen LogP contribution in [-0.2, 0) is 6.61 Å². The van der Waals surface area contributed by atoms with Crippen LogP contribution in [0.25, 0.3) is 22.8 Å². The molecule has 4 nitrogen and oxygen atoms in total. The summed E-state index contributed by atoms with van der Waals surface area (Å²) in [7, 11) is 0. The predicted molar refractivity (Wildman–Crippen MR) is 111 cm³/mol. The Morgan fingerprint density at radius 3 is 2.42 bits per heavy atom. The quantitative estimate of drug-likeness (QED) is 0.557. The predicted octanol–water partition coefficient (Wildman–Crippen LogP) is 5.98. The highest BCUT2D eigenvalue weighted by atomic mass is 19.4. The molecule has 0 aliphatic heterocycles. The van der Waals surface area contributed by atoms with Gasteiger partial charge in [-0.25, -0.2) is 0 Å². The summed E-state index contributed by atoms with van der Waals surface area (Å²) in [4.78, 5) is 4.41. The number of rotatable bonds is 4. The summed E-state index contributed by atoms with van der Waals surface area (Å²) < 4.78 is 46.5. The van der Waals surface area contributed by atoms with E-state index in [9.17, 15) is 18.3 Å². The Morgan fingerprint density at radius 2 is 1.77 bits per heavy atom. The van der Waals surface area contributed by atoms with Crippen molar-refractivity contribution >= 4 is 0 Å².